The van der Waals surface area contributed by atoms with E-state index in [4.69, 9.17) is 10.5 Å². The molecular formula is C18H20N2O3. The molecule has 5 heteroatoms. The van der Waals surface area contributed by atoms with Crippen molar-refractivity contribution in [3.63, 3.8) is 0 Å². The molecule has 2 N–H and O–H groups in total. The van der Waals surface area contributed by atoms with Gasteiger partial charge in [-0.15, -0.1) is 0 Å². The first kappa shape index (κ1) is 16.5. The minimum absolute atomic E-state index is 0.236. The Morgan fingerprint density at radius 1 is 1.13 bits per heavy atom. The van der Waals surface area contributed by atoms with Crippen molar-refractivity contribution in [1.82, 2.24) is 4.90 Å². The summed E-state index contributed by atoms with van der Waals surface area (Å²) in [6, 6.07) is 15.5. The van der Waals surface area contributed by atoms with E-state index in [0.717, 1.165) is 5.56 Å². The summed E-state index contributed by atoms with van der Waals surface area (Å²) in [5, 5.41) is 0. The molecule has 0 aliphatic carbocycles. The predicted molar refractivity (Wildman–Crippen MR) is 88.0 cm³/mol. The molecule has 0 heterocycles. The number of benzene rings is 2. The molecule has 5 nitrogen and oxygen atoms in total. The molecule has 2 rings (SSSR count). The van der Waals surface area contributed by atoms with E-state index in [9.17, 15) is 9.59 Å². The third kappa shape index (κ3) is 4.10. The van der Waals surface area contributed by atoms with Gasteiger partial charge in [0.15, 0.2) is 0 Å². The van der Waals surface area contributed by atoms with Gasteiger partial charge in [0.2, 0.25) is 5.91 Å². The van der Waals surface area contributed by atoms with E-state index in [-0.39, 0.29) is 12.5 Å². The van der Waals surface area contributed by atoms with Gasteiger partial charge in [-0.3, -0.25) is 9.59 Å². The molecule has 0 spiro atoms. The van der Waals surface area contributed by atoms with E-state index in [2.05, 4.69) is 0 Å². The SMILES string of the molecule is COc1cccc(CN(C(=O)c2ccccc2)[C@H](C)C(N)=O)c1. The zero-order valence-electron chi connectivity index (χ0n) is 13.2. The van der Waals surface area contributed by atoms with Gasteiger partial charge in [-0.25, -0.2) is 0 Å². The first-order valence-corrected chi connectivity index (χ1v) is 7.31. The van der Waals surface area contributed by atoms with Crippen LogP contribution in [0.2, 0.25) is 0 Å². The van der Waals surface area contributed by atoms with Gasteiger partial charge in [-0.05, 0) is 36.8 Å². The smallest absolute Gasteiger partial charge is 0.254 e. The van der Waals surface area contributed by atoms with E-state index >= 15 is 0 Å². The topological polar surface area (TPSA) is 72.6 Å². The molecule has 120 valence electrons. The van der Waals surface area contributed by atoms with E-state index in [1.54, 1.807) is 38.3 Å². The van der Waals surface area contributed by atoms with Gasteiger partial charge in [0, 0.05) is 12.1 Å². The van der Waals surface area contributed by atoms with Crippen LogP contribution < -0.4 is 10.5 Å². The fourth-order valence-corrected chi connectivity index (χ4v) is 2.25. The van der Waals surface area contributed by atoms with Crippen LogP contribution in [0.25, 0.3) is 0 Å². The summed E-state index contributed by atoms with van der Waals surface area (Å²) < 4.78 is 5.19. The lowest BCUT2D eigenvalue weighted by Crippen LogP contribution is -2.45. The van der Waals surface area contributed by atoms with Crippen LogP contribution in [0, 0.1) is 0 Å². The number of hydrogen-bond donors (Lipinski definition) is 1. The maximum Gasteiger partial charge on any atom is 0.254 e. The van der Waals surface area contributed by atoms with Crippen LogP contribution >= 0.6 is 0 Å². The molecular weight excluding hydrogens is 292 g/mol. The summed E-state index contributed by atoms with van der Waals surface area (Å²) in [6.07, 6.45) is 0. The molecule has 23 heavy (non-hydrogen) atoms. The summed E-state index contributed by atoms with van der Waals surface area (Å²) in [6.45, 7) is 1.90. The molecule has 0 aliphatic rings. The van der Waals surface area contributed by atoms with Crippen molar-refractivity contribution in [2.24, 2.45) is 5.73 Å². The summed E-state index contributed by atoms with van der Waals surface area (Å²) >= 11 is 0. The highest BCUT2D eigenvalue weighted by atomic mass is 16.5. The number of nitrogens with zero attached hydrogens (tertiary/aromatic N) is 1. The summed E-state index contributed by atoms with van der Waals surface area (Å²) in [5.41, 5.74) is 6.78. The zero-order valence-corrected chi connectivity index (χ0v) is 13.2. The van der Waals surface area contributed by atoms with Gasteiger partial charge in [-0.2, -0.15) is 0 Å². The van der Waals surface area contributed by atoms with E-state index in [0.29, 0.717) is 11.3 Å². The summed E-state index contributed by atoms with van der Waals surface area (Å²) in [5.74, 6) is -0.0850. The van der Waals surface area contributed by atoms with Crippen molar-refractivity contribution in [2.45, 2.75) is 19.5 Å². The van der Waals surface area contributed by atoms with Crippen molar-refractivity contribution in [1.29, 1.82) is 0 Å². The Bertz CT molecular complexity index is 686. The lowest BCUT2D eigenvalue weighted by molar-refractivity contribution is -0.122. The lowest BCUT2D eigenvalue weighted by Gasteiger charge is -2.27. The zero-order chi connectivity index (χ0) is 16.8. The van der Waals surface area contributed by atoms with Crippen molar-refractivity contribution in [3.05, 3.63) is 65.7 Å². The Morgan fingerprint density at radius 3 is 2.43 bits per heavy atom. The molecule has 0 aromatic heterocycles. The molecule has 0 unspecified atom stereocenters. The number of carbonyl (C=O) groups is 2. The van der Waals surface area contributed by atoms with Crippen molar-refractivity contribution < 1.29 is 14.3 Å². The van der Waals surface area contributed by atoms with Gasteiger partial charge < -0.3 is 15.4 Å². The standard InChI is InChI=1S/C18H20N2O3/c1-13(17(19)21)20(18(22)15-8-4-3-5-9-15)12-14-7-6-10-16(11-14)23-2/h3-11,13H,12H2,1-2H3,(H2,19,21)/t13-/m1/s1. The molecule has 2 aromatic rings. The van der Waals surface area contributed by atoms with Crippen molar-refractivity contribution in [3.8, 4) is 5.75 Å². The number of ether oxygens (including phenoxy) is 1. The van der Waals surface area contributed by atoms with Crippen LogP contribution in [0.4, 0.5) is 0 Å². The second-order valence-corrected chi connectivity index (χ2v) is 5.23. The van der Waals surface area contributed by atoms with Crippen LogP contribution in [0.5, 0.6) is 5.75 Å². The van der Waals surface area contributed by atoms with E-state index in [1.807, 2.05) is 30.3 Å². The van der Waals surface area contributed by atoms with Crippen LogP contribution in [-0.4, -0.2) is 29.9 Å². The van der Waals surface area contributed by atoms with Crippen LogP contribution in [0.3, 0.4) is 0 Å². The molecule has 0 bridgehead atoms. The Labute approximate surface area is 135 Å². The van der Waals surface area contributed by atoms with Crippen LogP contribution in [-0.2, 0) is 11.3 Å². The number of primary amides is 1. The minimum Gasteiger partial charge on any atom is -0.497 e. The second-order valence-electron chi connectivity index (χ2n) is 5.23. The lowest BCUT2D eigenvalue weighted by atomic mass is 10.1. The maximum atomic E-state index is 12.7. The van der Waals surface area contributed by atoms with E-state index < -0.39 is 11.9 Å². The molecule has 2 aromatic carbocycles. The fourth-order valence-electron chi connectivity index (χ4n) is 2.25. The average molecular weight is 312 g/mol. The van der Waals surface area contributed by atoms with Crippen LogP contribution in [0.1, 0.15) is 22.8 Å². The summed E-state index contributed by atoms with van der Waals surface area (Å²) in [4.78, 5) is 25.8. The fraction of sp³-hybridized carbons (Fsp3) is 0.222. The highest BCUT2D eigenvalue weighted by molar-refractivity contribution is 5.97. The number of amides is 2. The maximum absolute atomic E-state index is 12.7. The molecule has 1 atom stereocenters. The monoisotopic (exact) mass is 312 g/mol. The Hall–Kier alpha value is -2.82. The molecule has 2 amide bonds. The third-order valence-electron chi connectivity index (χ3n) is 3.65. The highest BCUT2D eigenvalue weighted by Crippen LogP contribution is 2.17. The van der Waals surface area contributed by atoms with Crippen molar-refractivity contribution in [2.75, 3.05) is 7.11 Å². The molecule has 0 saturated heterocycles. The average Bonchev–Trinajstić information content (AvgIpc) is 2.59. The number of nitrogens with two attached hydrogens (primary N) is 1. The minimum atomic E-state index is -0.714. The molecule has 0 fully saturated rings. The first-order valence-electron chi connectivity index (χ1n) is 7.31. The Morgan fingerprint density at radius 2 is 1.83 bits per heavy atom. The first-order chi connectivity index (χ1) is 11.0. The predicted octanol–water partition coefficient (Wildman–Crippen LogP) is 2.21. The third-order valence-corrected chi connectivity index (χ3v) is 3.65. The summed E-state index contributed by atoms with van der Waals surface area (Å²) in [7, 11) is 1.58. The number of methoxy groups -OCH3 is 1. The van der Waals surface area contributed by atoms with Gasteiger partial charge in [0.05, 0.1) is 7.11 Å². The van der Waals surface area contributed by atoms with Crippen molar-refractivity contribution >= 4 is 11.8 Å². The van der Waals surface area contributed by atoms with Gasteiger partial charge >= 0.3 is 0 Å². The second kappa shape index (κ2) is 7.45. The molecule has 0 radical (unpaired) electrons. The van der Waals surface area contributed by atoms with E-state index in [1.165, 1.54) is 4.90 Å². The number of rotatable bonds is 6. The number of hydrogen-bond acceptors (Lipinski definition) is 3. The number of carbonyl (C=O) groups excluding carboxylic acids is 2. The van der Waals surface area contributed by atoms with Crippen LogP contribution in [0.15, 0.2) is 54.6 Å². The largest absolute Gasteiger partial charge is 0.497 e. The quantitative estimate of drug-likeness (QED) is 0.889. The molecule has 0 aliphatic heterocycles. The van der Waals surface area contributed by atoms with Gasteiger partial charge in [0.25, 0.3) is 5.91 Å². The van der Waals surface area contributed by atoms with Gasteiger partial charge in [0.1, 0.15) is 11.8 Å². The molecule has 0 saturated carbocycles. The highest BCUT2D eigenvalue weighted by Gasteiger charge is 2.25. The normalized spacial score (nSPS) is 11.6. The Balaban J connectivity index is 2.30. The van der Waals surface area contributed by atoms with Gasteiger partial charge in [-0.1, -0.05) is 30.3 Å². The Kier molecular flexibility index (Phi) is 5.36.